The third-order valence-corrected chi connectivity index (χ3v) is 4.50. The van der Waals surface area contributed by atoms with Crippen LogP contribution in [0.5, 0.6) is 5.75 Å². The highest BCUT2D eigenvalue weighted by atomic mass is 16.5. The number of fused-ring (bicyclic) bond motifs is 1. The number of hydrogen-bond acceptors (Lipinski definition) is 5. The largest absolute Gasteiger partial charge is 0.497 e. The Hall–Kier alpha value is -2.63. The van der Waals surface area contributed by atoms with Crippen LogP contribution in [0.25, 0.3) is 0 Å². The number of hydrogen-bond donors (Lipinski definition) is 1. The molecule has 2 atom stereocenters. The number of carbonyl (C=O) groups excluding carboxylic acids is 1. The van der Waals surface area contributed by atoms with Crippen molar-refractivity contribution < 1.29 is 9.53 Å². The molecule has 0 spiro atoms. The molecule has 23 heavy (non-hydrogen) atoms. The molecule has 6 nitrogen and oxygen atoms in total. The lowest BCUT2D eigenvalue weighted by molar-refractivity contribution is -0.117. The summed E-state index contributed by atoms with van der Waals surface area (Å²) in [6, 6.07) is 7.55. The third-order valence-electron chi connectivity index (χ3n) is 4.50. The fourth-order valence-corrected chi connectivity index (χ4v) is 3.44. The van der Waals surface area contributed by atoms with E-state index < -0.39 is 0 Å². The SMILES string of the molecule is COc1ccc([C@@H]2C3=C(C[C@H](C)CC3=O)Nc3ncnn32)cc1. The van der Waals surface area contributed by atoms with Crippen molar-refractivity contribution in [3.05, 3.63) is 47.4 Å². The number of allylic oxidation sites excluding steroid dienone is 2. The van der Waals surface area contributed by atoms with E-state index in [0.717, 1.165) is 29.0 Å². The first-order chi connectivity index (χ1) is 11.2. The minimum Gasteiger partial charge on any atom is -0.497 e. The fourth-order valence-electron chi connectivity index (χ4n) is 3.44. The quantitative estimate of drug-likeness (QED) is 0.923. The van der Waals surface area contributed by atoms with Crippen molar-refractivity contribution in [2.45, 2.75) is 25.8 Å². The molecule has 0 unspecified atom stereocenters. The maximum Gasteiger partial charge on any atom is 0.226 e. The van der Waals surface area contributed by atoms with E-state index >= 15 is 0 Å². The van der Waals surface area contributed by atoms with Crippen molar-refractivity contribution in [3.8, 4) is 5.75 Å². The molecule has 1 aromatic heterocycles. The van der Waals surface area contributed by atoms with Gasteiger partial charge in [0.25, 0.3) is 0 Å². The van der Waals surface area contributed by atoms with Gasteiger partial charge in [-0.3, -0.25) is 4.79 Å². The van der Waals surface area contributed by atoms with Crippen LogP contribution in [0.2, 0.25) is 0 Å². The van der Waals surface area contributed by atoms with Crippen LogP contribution in [0, 0.1) is 5.92 Å². The van der Waals surface area contributed by atoms with E-state index in [1.807, 2.05) is 24.3 Å². The van der Waals surface area contributed by atoms with Gasteiger partial charge in [0, 0.05) is 17.7 Å². The summed E-state index contributed by atoms with van der Waals surface area (Å²) in [6.45, 7) is 2.10. The number of rotatable bonds is 2. The molecule has 0 fully saturated rings. The Balaban J connectivity index is 1.85. The topological polar surface area (TPSA) is 69.0 Å². The number of aromatic nitrogens is 3. The van der Waals surface area contributed by atoms with Gasteiger partial charge in [-0.05, 0) is 30.0 Å². The molecule has 1 aromatic carbocycles. The Kier molecular flexibility index (Phi) is 3.18. The summed E-state index contributed by atoms with van der Waals surface area (Å²) in [4.78, 5) is 17.0. The Bertz CT molecular complexity index is 791. The van der Waals surface area contributed by atoms with E-state index in [4.69, 9.17) is 4.74 Å². The van der Waals surface area contributed by atoms with E-state index in [-0.39, 0.29) is 11.8 Å². The standard InChI is InChI=1S/C17H18N4O2/c1-10-7-13-15(14(22)8-10)16(21-17(20-13)18-9-19-21)11-3-5-12(23-2)6-4-11/h3-6,9-10,16H,7-8H2,1-2H3,(H,18,19,20)/t10-,16+/m0/s1. The summed E-state index contributed by atoms with van der Waals surface area (Å²) in [5.41, 5.74) is 2.80. The molecule has 6 heteroatoms. The average molecular weight is 310 g/mol. The zero-order valence-electron chi connectivity index (χ0n) is 13.1. The monoisotopic (exact) mass is 310 g/mol. The molecular formula is C17H18N4O2. The van der Waals surface area contributed by atoms with Crippen molar-refractivity contribution >= 4 is 11.7 Å². The van der Waals surface area contributed by atoms with Crippen LogP contribution in [0.4, 0.5) is 5.95 Å². The molecule has 4 rings (SSSR count). The smallest absolute Gasteiger partial charge is 0.226 e. The number of methoxy groups -OCH3 is 1. The molecule has 118 valence electrons. The van der Waals surface area contributed by atoms with Crippen molar-refractivity contribution in [3.63, 3.8) is 0 Å². The molecule has 2 heterocycles. The minimum atomic E-state index is -0.227. The number of ether oxygens (including phenoxy) is 1. The average Bonchev–Trinajstić information content (AvgIpc) is 3.00. The lowest BCUT2D eigenvalue weighted by atomic mass is 9.81. The number of nitrogens with zero attached hydrogens (tertiary/aromatic N) is 3. The Morgan fingerprint density at radius 3 is 2.78 bits per heavy atom. The van der Waals surface area contributed by atoms with Gasteiger partial charge in [-0.25, -0.2) is 4.68 Å². The third kappa shape index (κ3) is 2.21. The molecule has 0 amide bonds. The Labute approximate surface area is 134 Å². The second-order valence-electron chi connectivity index (χ2n) is 6.16. The van der Waals surface area contributed by atoms with Gasteiger partial charge in [0.1, 0.15) is 18.1 Å². The van der Waals surface area contributed by atoms with Crippen LogP contribution in [0.1, 0.15) is 31.4 Å². The van der Waals surface area contributed by atoms with Crippen LogP contribution < -0.4 is 10.1 Å². The molecule has 0 saturated carbocycles. The molecule has 2 aromatic rings. The van der Waals surface area contributed by atoms with Crippen LogP contribution >= 0.6 is 0 Å². The van der Waals surface area contributed by atoms with Crippen molar-refractivity contribution in [1.82, 2.24) is 14.8 Å². The minimum absolute atomic E-state index is 0.188. The van der Waals surface area contributed by atoms with Gasteiger partial charge in [0.15, 0.2) is 5.78 Å². The maximum absolute atomic E-state index is 12.7. The Morgan fingerprint density at radius 1 is 1.26 bits per heavy atom. The Morgan fingerprint density at radius 2 is 2.04 bits per heavy atom. The van der Waals surface area contributed by atoms with E-state index in [1.54, 1.807) is 11.8 Å². The highest BCUT2D eigenvalue weighted by Crippen LogP contribution is 2.41. The molecule has 1 aliphatic heterocycles. The highest BCUT2D eigenvalue weighted by Gasteiger charge is 2.37. The lowest BCUT2D eigenvalue weighted by Crippen LogP contribution is -2.33. The van der Waals surface area contributed by atoms with Gasteiger partial charge in [-0.1, -0.05) is 19.1 Å². The lowest BCUT2D eigenvalue weighted by Gasteiger charge is -2.34. The normalized spacial score (nSPS) is 23.1. The van der Waals surface area contributed by atoms with Gasteiger partial charge in [0.05, 0.1) is 7.11 Å². The molecule has 2 aliphatic rings. The van der Waals surface area contributed by atoms with E-state index in [9.17, 15) is 4.79 Å². The maximum atomic E-state index is 12.7. The van der Waals surface area contributed by atoms with Crippen molar-refractivity contribution in [2.24, 2.45) is 5.92 Å². The summed E-state index contributed by atoms with van der Waals surface area (Å²) in [7, 11) is 1.64. The summed E-state index contributed by atoms with van der Waals surface area (Å²) in [6.07, 6.45) is 2.96. The van der Waals surface area contributed by atoms with Gasteiger partial charge < -0.3 is 10.1 Å². The van der Waals surface area contributed by atoms with Crippen molar-refractivity contribution in [2.75, 3.05) is 12.4 Å². The van der Waals surface area contributed by atoms with Gasteiger partial charge in [-0.2, -0.15) is 10.1 Å². The molecule has 1 N–H and O–H groups in total. The van der Waals surface area contributed by atoms with Gasteiger partial charge in [0.2, 0.25) is 5.95 Å². The van der Waals surface area contributed by atoms with Crippen LogP contribution in [0.15, 0.2) is 41.9 Å². The van der Waals surface area contributed by atoms with Crippen LogP contribution in [-0.2, 0) is 4.79 Å². The predicted octanol–water partition coefficient (Wildman–Crippen LogP) is 2.55. The van der Waals surface area contributed by atoms with Crippen molar-refractivity contribution in [1.29, 1.82) is 0 Å². The second kappa shape index (κ2) is 5.22. The van der Waals surface area contributed by atoms with Crippen LogP contribution in [-0.4, -0.2) is 27.7 Å². The second-order valence-corrected chi connectivity index (χ2v) is 6.16. The number of nitrogens with one attached hydrogen (secondary N) is 1. The summed E-state index contributed by atoms with van der Waals surface area (Å²) in [5, 5.41) is 7.61. The predicted molar refractivity (Wildman–Crippen MR) is 85.2 cm³/mol. The summed E-state index contributed by atoms with van der Waals surface area (Å²) in [5.74, 6) is 2.01. The molecule has 0 saturated heterocycles. The van der Waals surface area contributed by atoms with E-state index in [2.05, 4.69) is 22.3 Å². The number of Topliss-reactive ketones (excluding diaryl/α,β-unsaturated/α-hetero) is 1. The first-order valence-electron chi connectivity index (χ1n) is 7.74. The molecule has 0 radical (unpaired) electrons. The number of benzene rings is 1. The molecular weight excluding hydrogens is 292 g/mol. The first-order valence-corrected chi connectivity index (χ1v) is 7.74. The van der Waals surface area contributed by atoms with Gasteiger partial charge in [-0.15, -0.1) is 0 Å². The first kappa shape index (κ1) is 14.0. The zero-order valence-corrected chi connectivity index (χ0v) is 13.1. The van der Waals surface area contributed by atoms with E-state index in [1.165, 1.54) is 6.33 Å². The van der Waals surface area contributed by atoms with Gasteiger partial charge >= 0.3 is 0 Å². The van der Waals surface area contributed by atoms with Crippen LogP contribution in [0.3, 0.4) is 0 Å². The summed E-state index contributed by atoms with van der Waals surface area (Å²) < 4.78 is 7.01. The number of ketones is 1. The number of anilines is 1. The molecule has 1 aliphatic carbocycles. The number of carbonyl (C=O) groups is 1. The molecule has 0 bridgehead atoms. The fraction of sp³-hybridized carbons (Fsp3) is 0.353. The zero-order chi connectivity index (χ0) is 16.0. The summed E-state index contributed by atoms with van der Waals surface area (Å²) >= 11 is 0. The highest BCUT2D eigenvalue weighted by molar-refractivity contribution is 5.99. The van der Waals surface area contributed by atoms with E-state index in [0.29, 0.717) is 18.3 Å².